The molecule has 2 rings (SSSR count). The zero-order valence-electron chi connectivity index (χ0n) is 15.1. The first-order valence-electron chi connectivity index (χ1n) is 7.99. The van der Waals surface area contributed by atoms with Crippen LogP contribution in [0.3, 0.4) is 0 Å². The Bertz CT molecular complexity index is 966. The Hall–Kier alpha value is -1.33. The summed E-state index contributed by atoms with van der Waals surface area (Å²) in [6, 6.07) is 3.39. The van der Waals surface area contributed by atoms with Gasteiger partial charge in [0.05, 0.1) is 17.0 Å². The molecule has 1 heterocycles. The van der Waals surface area contributed by atoms with Crippen molar-refractivity contribution in [2.45, 2.75) is 23.7 Å². The maximum Gasteiger partial charge on any atom is 0.250 e. The van der Waals surface area contributed by atoms with Gasteiger partial charge >= 0.3 is 0 Å². The van der Waals surface area contributed by atoms with Gasteiger partial charge in [0.15, 0.2) is 4.34 Å². The second kappa shape index (κ2) is 9.93. The van der Waals surface area contributed by atoms with Crippen LogP contribution in [0.1, 0.15) is 13.3 Å². The van der Waals surface area contributed by atoms with Crippen molar-refractivity contribution in [3.05, 3.63) is 40.9 Å². The fourth-order valence-corrected chi connectivity index (χ4v) is 5.48. The lowest BCUT2D eigenvalue weighted by Crippen LogP contribution is -2.47. The third-order valence-electron chi connectivity index (χ3n) is 3.44. The van der Waals surface area contributed by atoms with E-state index in [1.807, 2.05) is 0 Å². The molecule has 0 spiro atoms. The summed E-state index contributed by atoms with van der Waals surface area (Å²) in [4.78, 5) is 12.8. The minimum atomic E-state index is -3.83. The molecule has 1 atom stereocenters. The number of carbonyl (C=O) groups excluding carboxylic acids is 1. The molecule has 12 heteroatoms. The number of halogens is 2. The van der Waals surface area contributed by atoms with Crippen LogP contribution in [0.15, 0.2) is 35.2 Å². The van der Waals surface area contributed by atoms with E-state index in [-0.39, 0.29) is 22.3 Å². The number of nitrogens with one attached hydrogen (secondary N) is 1. The number of amides is 1. The first-order valence-corrected chi connectivity index (χ1v) is 12.4. The molecule has 2 aromatic rings. The summed E-state index contributed by atoms with van der Waals surface area (Å²) in [5, 5.41) is 11.3. The molecular weight excluding hydrogens is 463 g/mol. The highest BCUT2D eigenvalue weighted by atomic mass is 35.5. The smallest absolute Gasteiger partial charge is 0.250 e. The van der Waals surface area contributed by atoms with E-state index in [1.54, 1.807) is 19.1 Å². The third kappa shape index (κ3) is 5.84. The number of benzene rings is 1. The molecule has 0 radical (unpaired) electrons. The largest absolute Gasteiger partial charge is 0.299 e. The van der Waals surface area contributed by atoms with Crippen LogP contribution < -0.4 is 9.62 Å². The first-order chi connectivity index (χ1) is 13.2. The van der Waals surface area contributed by atoms with Gasteiger partial charge in [-0.3, -0.25) is 14.4 Å². The van der Waals surface area contributed by atoms with Crippen molar-refractivity contribution in [1.82, 2.24) is 10.2 Å². The fourth-order valence-electron chi connectivity index (χ4n) is 2.33. The second-order valence-corrected chi connectivity index (χ2v) is 10.5. The molecule has 0 aliphatic rings. The summed E-state index contributed by atoms with van der Waals surface area (Å²) >= 11 is 14.8. The number of carbonyl (C=O) groups is 1. The average Bonchev–Trinajstić information content (AvgIpc) is 3.06. The van der Waals surface area contributed by atoms with Crippen molar-refractivity contribution in [3.63, 3.8) is 0 Å². The van der Waals surface area contributed by atoms with Crippen LogP contribution in [-0.2, 0) is 14.8 Å². The predicted molar refractivity (Wildman–Crippen MR) is 117 cm³/mol. The standard InChI is InChI=1S/C16H18Cl2N4O3S3/c1-4-8-26-16-21-20-15(27-16)19-14(23)12(5-2)22(28(3,24)25)13-9-10(17)6-7-11(13)18/h4,6-7,9,12H,1,5,8H2,2-3H3,(H,19,20,23)/t12-/m1/s1. The molecule has 152 valence electrons. The molecule has 0 aliphatic carbocycles. The van der Waals surface area contributed by atoms with Gasteiger partial charge in [0.1, 0.15) is 6.04 Å². The van der Waals surface area contributed by atoms with Gasteiger partial charge in [0, 0.05) is 10.8 Å². The van der Waals surface area contributed by atoms with Crippen molar-refractivity contribution >= 4 is 73.0 Å². The van der Waals surface area contributed by atoms with Crippen LogP contribution in [0.5, 0.6) is 0 Å². The molecule has 1 aromatic heterocycles. The summed E-state index contributed by atoms with van der Waals surface area (Å²) in [5.74, 6) is 0.121. The summed E-state index contributed by atoms with van der Waals surface area (Å²) < 4.78 is 26.6. The van der Waals surface area contributed by atoms with Gasteiger partial charge in [-0.25, -0.2) is 8.42 Å². The van der Waals surface area contributed by atoms with E-state index >= 15 is 0 Å². The van der Waals surface area contributed by atoms with Crippen LogP contribution in [0, 0.1) is 0 Å². The molecule has 28 heavy (non-hydrogen) atoms. The molecular formula is C16H18Cl2N4O3S3. The summed E-state index contributed by atoms with van der Waals surface area (Å²) in [6.07, 6.45) is 2.95. The first kappa shape index (κ1) is 23.0. The van der Waals surface area contributed by atoms with E-state index in [0.29, 0.717) is 15.1 Å². The molecule has 0 unspecified atom stereocenters. The fraction of sp³-hybridized carbons (Fsp3) is 0.312. The monoisotopic (exact) mass is 480 g/mol. The lowest BCUT2D eigenvalue weighted by molar-refractivity contribution is -0.117. The van der Waals surface area contributed by atoms with Gasteiger partial charge in [-0.1, -0.05) is 59.3 Å². The highest BCUT2D eigenvalue weighted by Gasteiger charge is 2.33. The number of aromatic nitrogens is 2. The Balaban J connectivity index is 2.33. The minimum absolute atomic E-state index is 0.137. The zero-order chi connectivity index (χ0) is 20.9. The van der Waals surface area contributed by atoms with Gasteiger partial charge < -0.3 is 0 Å². The van der Waals surface area contributed by atoms with E-state index in [2.05, 4.69) is 22.1 Å². The molecule has 0 saturated carbocycles. The highest BCUT2D eigenvalue weighted by Crippen LogP contribution is 2.33. The second-order valence-electron chi connectivity index (χ2n) is 5.54. The SMILES string of the molecule is C=CCSc1nnc(NC(=O)[C@@H](CC)N(c2cc(Cl)ccc2Cl)S(C)(=O)=O)s1. The highest BCUT2D eigenvalue weighted by molar-refractivity contribution is 8.01. The van der Waals surface area contributed by atoms with Crippen molar-refractivity contribution in [2.75, 3.05) is 21.6 Å². The van der Waals surface area contributed by atoms with Gasteiger partial charge in [-0.15, -0.1) is 16.8 Å². The molecule has 0 saturated heterocycles. The van der Waals surface area contributed by atoms with Gasteiger partial charge in [0.2, 0.25) is 21.1 Å². The molecule has 1 amide bonds. The molecule has 1 aromatic carbocycles. The van der Waals surface area contributed by atoms with Crippen LogP contribution in [0.25, 0.3) is 0 Å². The maximum absolute atomic E-state index is 12.8. The number of sulfonamides is 1. The van der Waals surface area contributed by atoms with Crippen molar-refractivity contribution in [1.29, 1.82) is 0 Å². The number of anilines is 2. The zero-order valence-corrected chi connectivity index (χ0v) is 19.0. The molecule has 0 aliphatic heterocycles. The Morgan fingerprint density at radius 1 is 1.43 bits per heavy atom. The Morgan fingerprint density at radius 3 is 2.75 bits per heavy atom. The van der Waals surface area contributed by atoms with Crippen LogP contribution in [0.4, 0.5) is 10.8 Å². The third-order valence-corrected chi connectivity index (χ3v) is 7.12. The van der Waals surface area contributed by atoms with E-state index in [9.17, 15) is 13.2 Å². The van der Waals surface area contributed by atoms with E-state index < -0.39 is 22.0 Å². The topological polar surface area (TPSA) is 92.3 Å². The van der Waals surface area contributed by atoms with Crippen LogP contribution in [0.2, 0.25) is 10.0 Å². The van der Waals surface area contributed by atoms with E-state index in [1.165, 1.54) is 35.2 Å². The van der Waals surface area contributed by atoms with Gasteiger partial charge in [-0.2, -0.15) is 0 Å². The molecule has 7 nitrogen and oxygen atoms in total. The molecule has 0 bridgehead atoms. The van der Waals surface area contributed by atoms with Crippen molar-refractivity contribution in [2.24, 2.45) is 0 Å². The predicted octanol–water partition coefficient (Wildman–Crippen LogP) is 4.31. The Morgan fingerprint density at radius 2 is 2.14 bits per heavy atom. The average molecular weight is 481 g/mol. The van der Waals surface area contributed by atoms with Crippen LogP contribution in [-0.4, -0.2) is 42.6 Å². The van der Waals surface area contributed by atoms with E-state index in [0.717, 1.165) is 10.6 Å². The number of thioether (sulfide) groups is 1. The summed E-state index contributed by atoms with van der Waals surface area (Å²) in [5.41, 5.74) is 0.137. The van der Waals surface area contributed by atoms with Crippen molar-refractivity contribution in [3.8, 4) is 0 Å². The number of hydrogen-bond donors (Lipinski definition) is 1. The maximum atomic E-state index is 12.8. The number of rotatable bonds is 9. The lowest BCUT2D eigenvalue weighted by Gasteiger charge is -2.30. The Kier molecular flexibility index (Phi) is 8.14. The number of hydrogen-bond acceptors (Lipinski definition) is 7. The Labute approximate surface area is 182 Å². The summed E-state index contributed by atoms with van der Waals surface area (Å²) in [7, 11) is -3.83. The van der Waals surface area contributed by atoms with Gasteiger partial charge in [0.25, 0.3) is 0 Å². The molecule has 1 N–H and O–H groups in total. The number of nitrogens with zero attached hydrogens (tertiary/aromatic N) is 3. The minimum Gasteiger partial charge on any atom is -0.299 e. The van der Waals surface area contributed by atoms with Crippen molar-refractivity contribution < 1.29 is 13.2 Å². The van der Waals surface area contributed by atoms with E-state index in [4.69, 9.17) is 23.2 Å². The normalized spacial score (nSPS) is 12.4. The molecule has 0 fully saturated rings. The van der Waals surface area contributed by atoms with Crippen LogP contribution >= 0.6 is 46.3 Å². The van der Waals surface area contributed by atoms with Gasteiger partial charge in [-0.05, 0) is 24.6 Å². The lowest BCUT2D eigenvalue weighted by atomic mass is 10.2. The quantitative estimate of drug-likeness (QED) is 0.326. The summed E-state index contributed by atoms with van der Waals surface area (Å²) in [6.45, 7) is 5.33.